The molecule has 0 saturated heterocycles. The van der Waals surface area contributed by atoms with Crippen LogP contribution in [0, 0.1) is 0 Å². The quantitative estimate of drug-likeness (QED) is 0.438. The molecule has 0 unspecified atom stereocenters. The second-order valence-electron chi connectivity index (χ2n) is 7.17. The molecule has 3 heterocycles. The van der Waals surface area contributed by atoms with Gasteiger partial charge in [-0.05, 0) is 18.2 Å². The van der Waals surface area contributed by atoms with Gasteiger partial charge in [0.25, 0.3) is 5.65 Å². The molecule has 0 spiro atoms. The van der Waals surface area contributed by atoms with Crippen molar-refractivity contribution in [1.82, 2.24) is 19.3 Å². The minimum atomic E-state index is -0.379. The lowest BCUT2D eigenvalue weighted by Crippen LogP contribution is -2.31. The Morgan fingerprint density at radius 3 is 2.33 bits per heavy atom. The van der Waals surface area contributed by atoms with E-state index in [1.54, 1.807) is 13.1 Å². The van der Waals surface area contributed by atoms with Gasteiger partial charge in [-0.15, -0.1) is 0 Å². The molecule has 0 aliphatic carbocycles. The van der Waals surface area contributed by atoms with Gasteiger partial charge in [0.1, 0.15) is 5.52 Å². The van der Waals surface area contributed by atoms with Crippen molar-refractivity contribution >= 4 is 34.5 Å². The van der Waals surface area contributed by atoms with Gasteiger partial charge >= 0.3 is 11.3 Å². The molecule has 5 rings (SSSR count). The van der Waals surface area contributed by atoms with Crippen LogP contribution in [0.1, 0.15) is 11.4 Å². The lowest BCUT2D eigenvalue weighted by atomic mass is 10.1. The van der Waals surface area contributed by atoms with E-state index in [0.29, 0.717) is 5.56 Å². The number of fused-ring (bicyclic) bond motifs is 2. The van der Waals surface area contributed by atoms with Crippen molar-refractivity contribution in [3.05, 3.63) is 76.4 Å². The number of hydrogen-bond acceptors (Lipinski definition) is 4. The molecule has 5 aromatic rings. The minimum absolute atomic E-state index is 0.379. The van der Waals surface area contributed by atoms with Gasteiger partial charge < -0.3 is 4.52 Å². The number of benzene rings is 2. The Hall–Kier alpha value is -4.00. The molecule has 0 atom stereocenters. The van der Waals surface area contributed by atoms with Crippen LogP contribution in [0.15, 0.2) is 63.9 Å². The summed E-state index contributed by atoms with van der Waals surface area (Å²) in [4.78, 5) is 22.0. The molecule has 2 aromatic carbocycles. The highest BCUT2D eigenvalue weighted by Crippen LogP contribution is 2.23. The first kappa shape index (κ1) is 18.1. The number of nitrogens with zero attached hydrogens (tertiary/aromatic N) is 5. The third-order valence-corrected chi connectivity index (χ3v) is 5.31. The molecular weight excluding hydrogens is 378 g/mol. The second-order valence-corrected chi connectivity index (χ2v) is 7.17. The van der Waals surface area contributed by atoms with Gasteiger partial charge in [-0.2, -0.15) is 0 Å². The molecule has 0 aliphatic heterocycles. The van der Waals surface area contributed by atoms with E-state index in [2.05, 4.69) is 0 Å². The summed E-state index contributed by atoms with van der Waals surface area (Å²) in [7, 11) is 5.62. The van der Waals surface area contributed by atoms with Crippen LogP contribution in [0.25, 0.3) is 45.7 Å². The van der Waals surface area contributed by atoms with Gasteiger partial charge in [-0.1, -0.05) is 47.4 Å². The Kier molecular flexibility index (Phi) is 4.10. The van der Waals surface area contributed by atoms with Crippen molar-refractivity contribution in [2.75, 3.05) is 0 Å². The zero-order valence-corrected chi connectivity index (χ0v) is 16.9. The first-order valence-electron chi connectivity index (χ1n) is 9.59. The van der Waals surface area contributed by atoms with Crippen LogP contribution in [-0.2, 0) is 21.1 Å². The third kappa shape index (κ3) is 2.75. The fraction of sp³-hybridized carbons (Fsp3) is 0.130. The molecule has 0 saturated carbocycles. The molecule has 0 amide bonds. The van der Waals surface area contributed by atoms with E-state index < -0.39 is 0 Å². The predicted molar refractivity (Wildman–Crippen MR) is 116 cm³/mol. The summed E-state index contributed by atoms with van der Waals surface area (Å²) in [6, 6.07) is 17.5. The molecule has 30 heavy (non-hydrogen) atoms. The lowest BCUT2D eigenvalue weighted by Gasteiger charge is -2.02. The fourth-order valence-corrected chi connectivity index (χ4v) is 3.82. The average molecular weight is 398 g/mol. The van der Waals surface area contributed by atoms with Gasteiger partial charge in [0, 0.05) is 18.7 Å². The van der Waals surface area contributed by atoms with Crippen LogP contribution in [-0.4, -0.2) is 19.3 Å². The van der Waals surface area contributed by atoms with Gasteiger partial charge in [0.2, 0.25) is 5.82 Å². The van der Waals surface area contributed by atoms with Gasteiger partial charge in [0.05, 0.1) is 25.4 Å². The molecule has 7 nitrogen and oxygen atoms in total. The van der Waals surface area contributed by atoms with E-state index in [1.807, 2.05) is 83.9 Å². The van der Waals surface area contributed by atoms with Crippen molar-refractivity contribution < 1.29 is 9.09 Å². The molecule has 0 fully saturated rings. The number of imidazole rings is 1. The van der Waals surface area contributed by atoms with Crippen molar-refractivity contribution in [2.24, 2.45) is 21.1 Å². The normalized spacial score (nSPS) is 11.8. The Labute approximate surface area is 172 Å². The maximum atomic E-state index is 12.5. The number of rotatable bonds is 3. The van der Waals surface area contributed by atoms with Crippen molar-refractivity contribution in [2.45, 2.75) is 0 Å². The highest BCUT2D eigenvalue weighted by atomic mass is 16.5. The zero-order valence-electron chi connectivity index (χ0n) is 16.9. The fourth-order valence-electron chi connectivity index (χ4n) is 3.82. The standard InChI is InChI=1S/C23H20N5O2/c1-26-19(27(2)22-21(26)24-17-11-7-8-12-18(17)25-22)14-13-16-20(28(3)30-23(16)29)15-9-5-4-6-10-15/h4-14H,1-3H3/q+1. The molecule has 148 valence electrons. The number of aryl methyl sites for hydroxylation is 3. The molecule has 0 aliphatic rings. The van der Waals surface area contributed by atoms with Crippen LogP contribution >= 0.6 is 0 Å². The van der Waals surface area contributed by atoms with E-state index in [-0.39, 0.29) is 5.63 Å². The lowest BCUT2D eigenvalue weighted by molar-refractivity contribution is -0.649. The van der Waals surface area contributed by atoms with E-state index in [1.165, 1.54) is 4.74 Å². The zero-order chi connectivity index (χ0) is 20.8. The maximum Gasteiger partial charge on any atom is 0.365 e. The summed E-state index contributed by atoms with van der Waals surface area (Å²) in [5.74, 6) is 0.863. The first-order valence-corrected chi connectivity index (χ1v) is 9.59. The van der Waals surface area contributed by atoms with E-state index in [0.717, 1.165) is 39.4 Å². The SMILES string of the molecule is Cn1oc(=O)c(/C=C/c2n(C)c3nc4ccccc4nc3[n+]2C)c1-c1ccccc1. The molecule has 0 bridgehead atoms. The third-order valence-electron chi connectivity index (χ3n) is 5.31. The largest absolute Gasteiger partial charge is 0.365 e. The first-order chi connectivity index (χ1) is 14.5. The summed E-state index contributed by atoms with van der Waals surface area (Å²) in [5, 5.41) is 0. The van der Waals surface area contributed by atoms with Crippen molar-refractivity contribution in [1.29, 1.82) is 0 Å². The molecule has 3 aromatic heterocycles. The second kappa shape index (κ2) is 6.81. The minimum Gasteiger partial charge on any atom is -0.335 e. The highest BCUT2D eigenvalue weighted by molar-refractivity contribution is 5.83. The Morgan fingerprint density at radius 2 is 1.60 bits per heavy atom. The van der Waals surface area contributed by atoms with Crippen molar-refractivity contribution in [3.63, 3.8) is 0 Å². The monoisotopic (exact) mass is 398 g/mol. The summed E-state index contributed by atoms with van der Waals surface area (Å²) in [6.45, 7) is 0. The Bertz CT molecular complexity index is 1430. The van der Waals surface area contributed by atoms with Crippen LogP contribution < -0.4 is 10.2 Å². The number of para-hydroxylation sites is 2. The molecule has 0 N–H and O–H groups in total. The van der Waals surface area contributed by atoms with Crippen LogP contribution in [0.5, 0.6) is 0 Å². The summed E-state index contributed by atoms with van der Waals surface area (Å²) >= 11 is 0. The van der Waals surface area contributed by atoms with E-state index in [9.17, 15) is 4.79 Å². The highest BCUT2D eigenvalue weighted by Gasteiger charge is 2.22. The molecule has 0 radical (unpaired) electrons. The van der Waals surface area contributed by atoms with E-state index in [4.69, 9.17) is 14.5 Å². The molecule has 7 heteroatoms. The molecular formula is C23H20N5O2+. The smallest absolute Gasteiger partial charge is 0.335 e. The van der Waals surface area contributed by atoms with Gasteiger partial charge in [-0.3, -0.25) is 0 Å². The number of aromatic nitrogens is 5. The Morgan fingerprint density at radius 1 is 0.933 bits per heavy atom. The van der Waals surface area contributed by atoms with Crippen LogP contribution in [0.4, 0.5) is 0 Å². The predicted octanol–water partition coefficient (Wildman–Crippen LogP) is 3.08. The summed E-state index contributed by atoms with van der Waals surface area (Å²) in [6.07, 6.45) is 3.69. The Balaban J connectivity index is 1.67. The maximum absolute atomic E-state index is 12.5. The van der Waals surface area contributed by atoms with Gasteiger partial charge in [0.15, 0.2) is 5.52 Å². The summed E-state index contributed by atoms with van der Waals surface area (Å²) < 4.78 is 10.8. The van der Waals surface area contributed by atoms with Crippen molar-refractivity contribution in [3.8, 4) is 11.3 Å². The van der Waals surface area contributed by atoms with Crippen LogP contribution in [0.2, 0.25) is 0 Å². The number of hydrogen-bond donors (Lipinski definition) is 0. The van der Waals surface area contributed by atoms with Gasteiger partial charge in [-0.25, -0.2) is 23.7 Å². The topological polar surface area (TPSA) is 69.7 Å². The average Bonchev–Trinajstić information content (AvgIpc) is 3.17. The van der Waals surface area contributed by atoms with E-state index >= 15 is 0 Å². The summed E-state index contributed by atoms with van der Waals surface area (Å²) in [5.41, 5.74) is 5.02. The van der Waals surface area contributed by atoms with Crippen LogP contribution in [0.3, 0.4) is 0 Å².